The van der Waals surface area contributed by atoms with Crippen LogP contribution in [-0.2, 0) is 23.7 Å². The number of methoxy groups -OCH3 is 1. The van der Waals surface area contributed by atoms with Crippen LogP contribution < -0.4 is 0 Å². The molecule has 2 heterocycles. The Hall–Kier alpha value is -0.490. The van der Waals surface area contributed by atoms with Crippen LogP contribution in [0.4, 0.5) is 0 Å². The molecule has 14 heavy (non-hydrogen) atoms. The van der Waals surface area contributed by atoms with Crippen molar-refractivity contribution >= 4 is 6.29 Å². The summed E-state index contributed by atoms with van der Waals surface area (Å²) in [6, 6.07) is 0. The van der Waals surface area contributed by atoms with Gasteiger partial charge in [0, 0.05) is 7.11 Å². The molecule has 4 atom stereocenters. The average molecular weight is 202 g/mol. The van der Waals surface area contributed by atoms with Crippen molar-refractivity contribution in [2.45, 2.75) is 44.2 Å². The van der Waals surface area contributed by atoms with Crippen molar-refractivity contribution in [3.05, 3.63) is 0 Å². The first-order valence-corrected chi connectivity index (χ1v) is 4.56. The first kappa shape index (κ1) is 10.0. The molecule has 0 N–H and O–H groups in total. The molecule has 0 aromatic heterocycles. The van der Waals surface area contributed by atoms with E-state index in [0.717, 1.165) is 6.29 Å². The summed E-state index contributed by atoms with van der Waals surface area (Å²) < 4.78 is 21.5. The maximum absolute atomic E-state index is 10.7. The van der Waals surface area contributed by atoms with Gasteiger partial charge in [0.2, 0.25) is 0 Å². The molecule has 0 radical (unpaired) electrons. The highest BCUT2D eigenvalue weighted by Crippen LogP contribution is 2.38. The minimum absolute atomic E-state index is 0.315. The Morgan fingerprint density at radius 1 is 1.29 bits per heavy atom. The van der Waals surface area contributed by atoms with E-state index in [9.17, 15) is 4.79 Å². The van der Waals surface area contributed by atoms with E-state index in [1.807, 2.05) is 0 Å². The molecule has 0 aromatic carbocycles. The monoisotopic (exact) mass is 202 g/mol. The van der Waals surface area contributed by atoms with E-state index in [1.165, 1.54) is 7.11 Å². The van der Waals surface area contributed by atoms with E-state index in [2.05, 4.69) is 0 Å². The van der Waals surface area contributed by atoms with E-state index < -0.39 is 18.2 Å². The Balaban J connectivity index is 2.16. The van der Waals surface area contributed by atoms with Crippen LogP contribution in [0, 0.1) is 0 Å². The quantitative estimate of drug-likeness (QED) is 0.593. The van der Waals surface area contributed by atoms with Gasteiger partial charge in [0.05, 0.1) is 0 Å². The average Bonchev–Trinajstić information content (AvgIpc) is 2.57. The second-order valence-corrected chi connectivity index (χ2v) is 3.91. The van der Waals surface area contributed by atoms with Crippen molar-refractivity contribution < 1.29 is 23.7 Å². The molecular weight excluding hydrogens is 188 g/mol. The second kappa shape index (κ2) is 3.27. The molecule has 2 aliphatic rings. The number of hydrogen-bond donors (Lipinski definition) is 0. The maximum atomic E-state index is 10.7. The zero-order chi connectivity index (χ0) is 10.3. The fourth-order valence-corrected chi connectivity index (χ4v) is 1.89. The Labute approximate surface area is 82.3 Å². The van der Waals surface area contributed by atoms with E-state index in [-0.39, 0.29) is 12.2 Å². The number of aldehydes is 1. The van der Waals surface area contributed by atoms with E-state index >= 15 is 0 Å². The summed E-state index contributed by atoms with van der Waals surface area (Å²) in [5, 5.41) is 0. The molecule has 0 spiro atoms. The highest BCUT2D eigenvalue weighted by atomic mass is 16.8. The molecule has 0 bridgehead atoms. The predicted molar refractivity (Wildman–Crippen MR) is 45.6 cm³/mol. The fraction of sp³-hybridized carbons (Fsp3) is 0.889. The van der Waals surface area contributed by atoms with Gasteiger partial charge < -0.3 is 23.7 Å². The third-order valence-electron chi connectivity index (χ3n) is 2.41. The molecule has 0 amide bonds. The van der Waals surface area contributed by atoms with Gasteiger partial charge in [-0.3, -0.25) is 0 Å². The lowest BCUT2D eigenvalue weighted by Crippen LogP contribution is -2.30. The molecule has 5 nitrogen and oxygen atoms in total. The predicted octanol–water partition coefficient (Wildman–Crippen LogP) is 0.0767. The largest absolute Gasteiger partial charge is 0.353 e. The third kappa shape index (κ3) is 1.46. The van der Waals surface area contributed by atoms with E-state index in [1.54, 1.807) is 13.8 Å². The first-order valence-electron chi connectivity index (χ1n) is 4.56. The fourth-order valence-electron chi connectivity index (χ4n) is 1.89. The minimum Gasteiger partial charge on any atom is -0.353 e. The molecule has 2 fully saturated rings. The zero-order valence-corrected chi connectivity index (χ0v) is 8.43. The molecule has 80 valence electrons. The molecule has 2 saturated heterocycles. The maximum Gasteiger partial charge on any atom is 0.187 e. The number of fused-ring (bicyclic) bond motifs is 1. The highest BCUT2D eigenvalue weighted by molar-refractivity contribution is 5.58. The summed E-state index contributed by atoms with van der Waals surface area (Å²) in [5.41, 5.74) is 0. The van der Waals surface area contributed by atoms with Crippen molar-refractivity contribution in [3.8, 4) is 0 Å². The van der Waals surface area contributed by atoms with Gasteiger partial charge in [0.15, 0.2) is 18.4 Å². The normalized spacial score (nSPS) is 45.1. The van der Waals surface area contributed by atoms with Gasteiger partial charge in [-0.15, -0.1) is 0 Å². The van der Waals surface area contributed by atoms with Gasteiger partial charge in [-0.05, 0) is 13.8 Å². The minimum atomic E-state index is -0.669. The number of rotatable bonds is 2. The van der Waals surface area contributed by atoms with Crippen molar-refractivity contribution in [2.24, 2.45) is 0 Å². The second-order valence-electron chi connectivity index (χ2n) is 3.91. The summed E-state index contributed by atoms with van der Waals surface area (Å²) in [5.74, 6) is -0.669. The van der Waals surface area contributed by atoms with Crippen LogP contribution in [0.2, 0.25) is 0 Å². The molecule has 0 saturated carbocycles. The summed E-state index contributed by atoms with van der Waals surface area (Å²) in [7, 11) is 1.52. The highest BCUT2D eigenvalue weighted by Gasteiger charge is 2.55. The Kier molecular flexibility index (Phi) is 2.35. The van der Waals surface area contributed by atoms with Gasteiger partial charge in [0.1, 0.15) is 18.3 Å². The van der Waals surface area contributed by atoms with Crippen molar-refractivity contribution in [1.82, 2.24) is 0 Å². The Bertz CT molecular complexity index is 239. The number of carbonyl (C=O) groups excluding carboxylic acids is 1. The summed E-state index contributed by atoms with van der Waals surface area (Å²) in [4.78, 5) is 10.7. The lowest BCUT2D eigenvalue weighted by atomic mass is 10.1. The molecule has 0 aromatic rings. The Morgan fingerprint density at radius 3 is 2.50 bits per heavy atom. The smallest absolute Gasteiger partial charge is 0.187 e. The van der Waals surface area contributed by atoms with E-state index in [4.69, 9.17) is 18.9 Å². The number of hydrogen-bond acceptors (Lipinski definition) is 5. The van der Waals surface area contributed by atoms with Crippen LogP contribution in [0.25, 0.3) is 0 Å². The van der Waals surface area contributed by atoms with Gasteiger partial charge >= 0.3 is 0 Å². The first-order chi connectivity index (χ1) is 6.57. The van der Waals surface area contributed by atoms with Crippen LogP contribution in [-0.4, -0.2) is 43.8 Å². The van der Waals surface area contributed by atoms with Crippen molar-refractivity contribution in [1.29, 1.82) is 0 Å². The lowest BCUT2D eigenvalue weighted by Gasteiger charge is -2.21. The van der Waals surface area contributed by atoms with E-state index in [0.29, 0.717) is 0 Å². The van der Waals surface area contributed by atoms with Crippen molar-refractivity contribution in [3.63, 3.8) is 0 Å². The van der Waals surface area contributed by atoms with Crippen LogP contribution in [0.5, 0.6) is 0 Å². The molecular formula is C9H14O5. The number of ether oxygens (including phenoxy) is 4. The summed E-state index contributed by atoms with van der Waals surface area (Å²) >= 11 is 0. The van der Waals surface area contributed by atoms with Crippen molar-refractivity contribution in [2.75, 3.05) is 7.11 Å². The topological polar surface area (TPSA) is 54.0 Å². The number of carbonyl (C=O) groups is 1. The SMILES string of the molecule is CO[C@@H]1O[C@H](C=O)C2OC(C)(C)OC21. The van der Waals surface area contributed by atoms with Gasteiger partial charge in [-0.2, -0.15) is 0 Å². The summed E-state index contributed by atoms with van der Waals surface area (Å²) in [6.07, 6.45) is -1.05. The van der Waals surface area contributed by atoms with Crippen LogP contribution >= 0.6 is 0 Å². The molecule has 2 aliphatic heterocycles. The standard InChI is InChI=1S/C9H14O5/c1-9(2)13-6-5(4-10)12-8(11-3)7(6)14-9/h4-8H,1-3H3/t5-,6?,7?,8-/m1/s1. The molecule has 0 aliphatic carbocycles. The lowest BCUT2D eigenvalue weighted by molar-refractivity contribution is -0.223. The summed E-state index contributed by atoms with van der Waals surface area (Å²) in [6.45, 7) is 3.61. The van der Waals surface area contributed by atoms with Crippen LogP contribution in [0.15, 0.2) is 0 Å². The molecule has 2 unspecified atom stereocenters. The molecule has 5 heteroatoms. The van der Waals surface area contributed by atoms with Gasteiger partial charge in [-0.25, -0.2) is 0 Å². The van der Waals surface area contributed by atoms with Gasteiger partial charge in [-0.1, -0.05) is 0 Å². The third-order valence-corrected chi connectivity index (χ3v) is 2.41. The molecule has 2 rings (SSSR count). The zero-order valence-electron chi connectivity index (χ0n) is 8.43. The van der Waals surface area contributed by atoms with Crippen LogP contribution in [0.1, 0.15) is 13.8 Å². The Morgan fingerprint density at radius 2 is 1.93 bits per heavy atom. The van der Waals surface area contributed by atoms with Gasteiger partial charge in [0.25, 0.3) is 0 Å². The van der Waals surface area contributed by atoms with Crippen LogP contribution in [0.3, 0.4) is 0 Å².